The van der Waals surface area contributed by atoms with Crippen LogP contribution in [0.15, 0.2) is 24.3 Å². The zero-order chi connectivity index (χ0) is 8.97. The Labute approximate surface area is 71.9 Å². The van der Waals surface area contributed by atoms with E-state index in [-0.39, 0.29) is 6.61 Å². The molecule has 0 aliphatic heterocycles. The van der Waals surface area contributed by atoms with Gasteiger partial charge in [0.15, 0.2) is 0 Å². The van der Waals surface area contributed by atoms with Gasteiger partial charge in [0.1, 0.15) is 6.61 Å². The smallest absolute Gasteiger partial charge is 0.133 e. The molecule has 0 spiro atoms. The summed E-state index contributed by atoms with van der Waals surface area (Å²) in [6.45, 7) is 2.15. The Morgan fingerprint density at radius 2 is 2.33 bits per heavy atom. The molecule has 3 nitrogen and oxygen atoms in total. The molecule has 1 unspecified atom stereocenters. The molecule has 0 fully saturated rings. The summed E-state index contributed by atoms with van der Waals surface area (Å²) in [5.74, 6) is 0. The molecule has 1 rings (SSSR count). The fourth-order valence-electron chi connectivity index (χ4n) is 0.932. The molecule has 0 saturated carbocycles. The van der Waals surface area contributed by atoms with Crippen LogP contribution in [0.4, 0.5) is 0 Å². The fourth-order valence-corrected chi connectivity index (χ4v) is 1.19. The van der Waals surface area contributed by atoms with Crippen molar-refractivity contribution in [3.63, 3.8) is 0 Å². The summed E-state index contributed by atoms with van der Waals surface area (Å²) in [6, 6.07) is 7.62. The first-order valence-electron chi connectivity index (χ1n) is 3.53. The van der Waals surface area contributed by atoms with Gasteiger partial charge in [-0.1, -0.05) is 29.8 Å². The Morgan fingerprint density at radius 3 is 2.92 bits per heavy atom. The van der Waals surface area contributed by atoms with Crippen LogP contribution in [0.5, 0.6) is 0 Å². The molecular weight excluding hydrogens is 175 g/mol. The second-order valence-electron chi connectivity index (χ2n) is 2.50. The summed E-state index contributed by atoms with van der Waals surface area (Å²) in [5, 5.41) is 0. The number of aryl methyl sites for hydroxylation is 1. The molecule has 0 aromatic heterocycles. The highest BCUT2D eigenvalue weighted by Gasteiger charge is 2.11. The van der Waals surface area contributed by atoms with Crippen LogP contribution in [-0.2, 0) is 15.7 Å². The van der Waals surface area contributed by atoms with Gasteiger partial charge in [-0.25, -0.2) is 0 Å². The van der Waals surface area contributed by atoms with Crippen molar-refractivity contribution in [2.75, 3.05) is 0 Å². The molecule has 64 valence electrons. The average molecular weight is 185 g/mol. The Balaban J connectivity index is 2.57. The van der Waals surface area contributed by atoms with Gasteiger partial charge in [0.05, 0.1) is 0 Å². The van der Waals surface area contributed by atoms with Crippen molar-refractivity contribution < 1.29 is 14.0 Å². The Hall–Kier alpha value is -0.760. The van der Waals surface area contributed by atoms with E-state index < -0.39 is 8.25 Å². The van der Waals surface area contributed by atoms with Crippen molar-refractivity contribution in [2.45, 2.75) is 13.5 Å². The van der Waals surface area contributed by atoms with Crippen molar-refractivity contribution in [3.8, 4) is 0 Å². The molecule has 0 aliphatic rings. The van der Waals surface area contributed by atoms with Gasteiger partial charge in [-0.3, -0.25) is 0 Å². The van der Waals surface area contributed by atoms with Crippen molar-refractivity contribution >= 4 is 8.25 Å². The average Bonchev–Trinajstić information content (AvgIpc) is 2.01. The normalized spacial score (nSPS) is 11.3. The SMILES string of the molecule is Cc1cccc(CO[P+](=O)O)c1. The summed E-state index contributed by atoms with van der Waals surface area (Å²) >= 11 is 0. The molecule has 1 atom stereocenters. The summed E-state index contributed by atoms with van der Waals surface area (Å²) in [5.41, 5.74) is 2.02. The third kappa shape index (κ3) is 3.09. The number of hydrogen-bond acceptors (Lipinski definition) is 2. The predicted molar refractivity (Wildman–Crippen MR) is 45.8 cm³/mol. The molecule has 4 heteroatoms. The quantitative estimate of drug-likeness (QED) is 0.734. The van der Waals surface area contributed by atoms with Crippen molar-refractivity contribution in [1.82, 2.24) is 0 Å². The van der Waals surface area contributed by atoms with Gasteiger partial charge in [0, 0.05) is 4.57 Å². The molecule has 0 amide bonds. The minimum atomic E-state index is -2.48. The van der Waals surface area contributed by atoms with Gasteiger partial charge in [0.2, 0.25) is 0 Å². The van der Waals surface area contributed by atoms with E-state index in [0.717, 1.165) is 11.1 Å². The van der Waals surface area contributed by atoms with Gasteiger partial charge in [0.25, 0.3) is 0 Å². The zero-order valence-electron chi connectivity index (χ0n) is 6.73. The van der Waals surface area contributed by atoms with Crippen LogP contribution in [0.1, 0.15) is 11.1 Å². The molecule has 0 saturated heterocycles. The van der Waals surface area contributed by atoms with Crippen molar-refractivity contribution in [3.05, 3.63) is 35.4 Å². The summed E-state index contributed by atoms with van der Waals surface area (Å²) in [4.78, 5) is 8.37. The molecule has 0 radical (unpaired) electrons. The lowest BCUT2D eigenvalue weighted by atomic mass is 10.1. The monoisotopic (exact) mass is 185 g/mol. The van der Waals surface area contributed by atoms with Gasteiger partial charge >= 0.3 is 8.25 Å². The van der Waals surface area contributed by atoms with Crippen molar-refractivity contribution in [1.29, 1.82) is 0 Å². The maximum absolute atomic E-state index is 10.2. The van der Waals surface area contributed by atoms with Gasteiger partial charge in [-0.2, -0.15) is 0 Å². The van der Waals surface area contributed by atoms with E-state index in [1.54, 1.807) is 0 Å². The van der Waals surface area contributed by atoms with Crippen LogP contribution in [-0.4, -0.2) is 4.89 Å². The third-order valence-corrected chi connectivity index (χ3v) is 1.77. The van der Waals surface area contributed by atoms with E-state index in [9.17, 15) is 4.57 Å². The first-order chi connectivity index (χ1) is 5.68. The van der Waals surface area contributed by atoms with Gasteiger partial charge < -0.3 is 0 Å². The predicted octanol–water partition coefficient (Wildman–Crippen LogP) is 2.16. The zero-order valence-corrected chi connectivity index (χ0v) is 7.62. The number of benzene rings is 1. The molecule has 0 bridgehead atoms. The summed E-state index contributed by atoms with van der Waals surface area (Å²) < 4.78 is 14.7. The highest BCUT2D eigenvalue weighted by atomic mass is 31.1. The lowest BCUT2D eigenvalue weighted by Crippen LogP contribution is -1.85. The fraction of sp³-hybridized carbons (Fsp3) is 0.250. The Kier molecular flexibility index (Phi) is 3.35. The van der Waals surface area contributed by atoms with E-state index >= 15 is 0 Å². The minimum Gasteiger partial charge on any atom is -0.133 e. The Morgan fingerprint density at radius 1 is 1.58 bits per heavy atom. The highest BCUT2D eigenvalue weighted by molar-refractivity contribution is 7.32. The summed E-state index contributed by atoms with van der Waals surface area (Å²) in [7, 11) is -2.48. The lowest BCUT2D eigenvalue weighted by molar-refractivity contribution is 0.272. The van der Waals surface area contributed by atoms with Crippen LogP contribution < -0.4 is 0 Å². The van der Waals surface area contributed by atoms with Crippen LogP contribution in [0.2, 0.25) is 0 Å². The van der Waals surface area contributed by atoms with E-state index in [1.165, 1.54) is 0 Å². The van der Waals surface area contributed by atoms with Crippen LogP contribution in [0, 0.1) is 6.92 Å². The third-order valence-electron chi connectivity index (χ3n) is 1.42. The number of rotatable bonds is 3. The molecule has 1 aromatic carbocycles. The van der Waals surface area contributed by atoms with Crippen LogP contribution in [0.3, 0.4) is 0 Å². The molecule has 0 heterocycles. The van der Waals surface area contributed by atoms with E-state index in [2.05, 4.69) is 4.52 Å². The Bertz CT molecular complexity index is 285. The highest BCUT2D eigenvalue weighted by Crippen LogP contribution is 2.18. The molecule has 0 aliphatic carbocycles. The maximum Gasteiger partial charge on any atom is 0.695 e. The van der Waals surface area contributed by atoms with E-state index in [4.69, 9.17) is 4.89 Å². The molecule has 1 N–H and O–H groups in total. The first-order valence-corrected chi connectivity index (χ1v) is 4.66. The lowest BCUT2D eigenvalue weighted by Gasteiger charge is -1.95. The number of hydrogen-bond donors (Lipinski definition) is 1. The first kappa shape index (κ1) is 9.33. The standard InChI is InChI=1S/C8H9O3P/c1-7-3-2-4-8(5-7)6-11-12(9)10/h2-5H,6H2,1H3/p+1. The van der Waals surface area contributed by atoms with Crippen molar-refractivity contribution in [2.24, 2.45) is 0 Å². The summed E-state index contributed by atoms with van der Waals surface area (Å²) in [6.07, 6.45) is 0. The van der Waals surface area contributed by atoms with Gasteiger partial charge in [-0.05, 0) is 12.5 Å². The van der Waals surface area contributed by atoms with Gasteiger partial charge in [-0.15, -0.1) is 9.42 Å². The maximum atomic E-state index is 10.2. The van der Waals surface area contributed by atoms with E-state index in [0.29, 0.717) is 0 Å². The molecular formula is C8H10O3P+. The topological polar surface area (TPSA) is 46.5 Å². The second kappa shape index (κ2) is 4.31. The van der Waals surface area contributed by atoms with Crippen LogP contribution in [0.25, 0.3) is 0 Å². The van der Waals surface area contributed by atoms with Crippen LogP contribution >= 0.6 is 8.25 Å². The molecule has 1 aromatic rings. The van der Waals surface area contributed by atoms with E-state index in [1.807, 2.05) is 31.2 Å². The second-order valence-corrected chi connectivity index (χ2v) is 3.23. The molecule has 12 heavy (non-hydrogen) atoms. The minimum absolute atomic E-state index is 0.188. The largest absolute Gasteiger partial charge is 0.695 e.